The quantitative estimate of drug-likeness (QED) is 0.258. The molecule has 0 aliphatic heterocycles. The number of esters is 1. The highest BCUT2D eigenvalue weighted by molar-refractivity contribution is 5.77. The van der Waals surface area contributed by atoms with Crippen molar-refractivity contribution in [3.8, 4) is 17.2 Å². The smallest absolute Gasteiger partial charge is 0.306 e. The van der Waals surface area contributed by atoms with Gasteiger partial charge in [0.2, 0.25) is 0 Å². The number of nitrogens with zero attached hydrogens (tertiary/aromatic N) is 2. The van der Waals surface area contributed by atoms with E-state index in [-0.39, 0.29) is 12.4 Å². The van der Waals surface area contributed by atoms with Crippen LogP contribution in [0, 0.1) is 6.92 Å². The number of ether oxygens (including phenoxy) is 4. The van der Waals surface area contributed by atoms with Gasteiger partial charge in [0.25, 0.3) is 0 Å². The molecular formula is C29H32N2O5. The first-order chi connectivity index (χ1) is 17.5. The van der Waals surface area contributed by atoms with Crippen LogP contribution in [0.4, 0.5) is 0 Å². The van der Waals surface area contributed by atoms with Gasteiger partial charge in [-0.3, -0.25) is 4.79 Å². The van der Waals surface area contributed by atoms with Crippen molar-refractivity contribution in [2.75, 3.05) is 13.7 Å². The Bertz CT molecular complexity index is 1330. The van der Waals surface area contributed by atoms with Crippen LogP contribution in [-0.4, -0.2) is 29.2 Å². The van der Waals surface area contributed by atoms with Crippen LogP contribution in [0.2, 0.25) is 0 Å². The molecule has 3 aromatic carbocycles. The maximum absolute atomic E-state index is 11.9. The topological polar surface area (TPSA) is 71.8 Å². The maximum atomic E-state index is 11.9. The zero-order valence-electron chi connectivity index (χ0n) is 21.2. The van der Waals surface area contributed by atoms with Crippen LogP contribution in [0.15, 0.2) is 60.7 Å². The fourth-order valence-electron chi connectivity index (χ4n) is 3.90. The average molecular weight is 489 g/mol. The van der Waals surface area contributed by atoms with Crippen LogP contribution in [0.1, 0.15) is 35.9 Å². The third kappa shape index (κ3) is 6.16. The summed E-state index contributed by atoms with van der Waals surface area (Å²) in [4.78, 5) is 16.6. The van der Waals surface area contributed by atoms with Gasteiger partial charge in [-0.1, -0.05) is 35.9 Å². The number of fused-ring (bicyclic) bond motifs is 1. The van der Waals surface area contributed by atoms with Crippen molar-refractivity contribution in [1.29, 1.82) is 0 Å². The molecule has 0 aliphatic rings. The molecule has 1 aromatic heterocycles. The first-order valence-electron chi connectivity index (χ1n) is 12.1. The summed E-state index contributed by atoms with van der Waals surface area (Å²) >= 11 is 0. The number of imidazole rings is 1. The number of carbonyl (C=O) groups excluding carboxylic acids is 1. The minimum Gasteiger partial charge on any atom is -0.497 e. The molecule has 0 fully saturated rings. The molecule has 36 heavy (non-hydrogen) atoms. The first kappa shape index (κ1) is 25.1. The van der Waals surface area contributed by atoms with Gasteiger partial charge < -0.3 is 23.5 Å². The van der Waals surface area contributed by atoms with Gasteiger partial charge in [-0.25, -0.2) is 4.98 Å². The maximum Gasteiger partial charge on any atom is 0.306 e. The van der Waals surface area contributed by atoms with Crippen LogP contribution >= 0.6 is 0 Å². The fourth-order valence-corrected chi connectivity index (χ4v) is 3.90. The van der Waals surface area contributed by atoms with E-state index in [1.807, 2.05) is 48.0 Å². The van der Waals surface area contributed by atoms with E-state index in [0.29, 0.717) is 37.7 Å². The van der Waals surface area contributed by atoms with Crippen molar-refractivity contribution in [2.24, 2.45) is 7.05 Å². The lowest BCUT2D eigenvalue weighted by Crippen LogP contribution is -2.07. The molecule has 0 spiro atoms. The van der Waals surface area contributed by atoms with E-state index in [1.165, 1.54) is 5.56 Å². The SMILES string of the molecule is CCOC(=O)CCc1ccc(OCc2nc3ccc(OC)cc3n2C)cc1OCc1ccc(C)cc1. The summed E-state index contributed by atoms with van der Waals surface area (Å²) in [5.41, 5.74) is 5.05. The van der Waals surface area contributed by atoms with Crippen molar-refractivity contribution in [3.05, 3.63) is 83.2 Å². The lowest BCUT2D eigenvalue weighted by molar-refractivity contribution is -0.143. The van der Waals surface area contributed by atoms with Gasteiger partial charge in [-0.05, 0) is 49.6 Å². The lowest BCUT2D eigenvalue weighted by Gasteiger charge is -2.14. The molecule has 7 nitrogen and oxygen atoms in total. The number of aromatic nitrogens is 2. The summed E-state index contributed by atoms with van der Waals surface area (Å²) in [6, 6.07) is 19.7. The van der Waals surface area contributed by atoms with Gasteiger partial charge in [0.15, 0.2) is 0 Å². The Balaban J connectivity index is 1.50. The van der Waals surface area contributed by atoms with Crippen molar-refractivity contribution in [1.82, 2.24) is 9.55 Å². The highest BCUT2D eigenvalue weighted by Gasteiger charge is 2.13. The molecule has 0 amide bonds. The van der Waals surface area contributed by atoms with E-state index in [9.17, 15) is 4.79 Å². The number of methoxy groups -OCH3 is 1. The number of benzene rings is 3. The second kappa shape index (κ2) is 11.6. The Kier molecular flexibility index (Phi) is 8.10. The summed E-state index contributed by atoms with van der Waals surface area (Å²) in [5, 5.41) is 0. The van der Waals surface area contributed by atoms with Gasteiger partial charge in [-0.15, -0.1) is 0 Å². The largest absolute Gasteiger partial charge is 0.497 e. The number of carbonyl (C=O) groups is 1. The highest BCUT2D eigenvalue weighted by Crippen LogP contribution is 2.28. The molecule has 0 N–H and O–H groups in total. The zero-order valence-corrected chi connectivity index (χ0v) is 21.2. The number of aryl methyl sites for hydroxylation is 3. The molecule has 188 valence electrons. The van der Waals surface area contributed by atoms with E-state index in [4.69, 9.17) is 23.9 Å². The van der Waals surface area contributed by atoms with Crippen LogP contribution in [0.25, 0.3) is 11.0 Å². The van der Waals surface area contributed by atoms with Crippen LogP contribution in [0.5, 0.6) is 17.2 Å². The fraction of sp³-hybridized carbons (Fsp3) is 0.310. The molecule has 4 aromatic rings. The number of hydrogen-bond donors (Lipinski definition) is 0. The Morgan fingerprint density at radius 1 is 0.944 bits per heavy atom. The van der Waals surface area contributed by atoms with Gasteiger partial charge >= 0.3 is 5.97 Å². The normalized spacial score (nSPS) is 10.9. The van der Waals surface area contributed by atoms with E-state index < -0.39 is 0 Å². The van der Waals surface area contributed by atoms with Crippen LogP contribution in [-0.2, 0) is 36.2 Å². The van der Waals surface area contributed by atoms with E-state index >= 15 is 0 Å². The standard InChI is InChI=1S/C29H32N2O5/c1-5-34-29(32)15-11-22-10-12-24(17-27(22)36-18-21-8-6-20(2)7-9-21)35-19-28-30-25-14-13-23(33-4)16-26(25)31(28)3/h6-10,12-14,16-17H,5,11,15,18-19H2,1-4H3. The summed E-state index contributed by atoms with van der Waals surface area (Å²) in [6.45, 7) is 4.95. The number of rotatable bonds is 11. The lowest BCUT2D eigenvalue weighted by atomic mass is 10.1. The van der Waals surface area contributed by atoms with E-state index in [1.54, 1.807) is 14.0 Å². The predicted octanol–water partition coefficient (Wildman–Crippen LogP) is 5.54. The van der Waals surface area contributed by atoms with Gasteiger partial charge in [0.1, 0.15) is 36.3 Å². The molecule has 0 aliphatic carbocycles. The molecule has 4 rings (SSSR count). The highest BCUT2D eigenvalue weighted by atomic mass is 16.5. The van der Waals surface area contributed by atoms with Gasteiger partial charge in [0.05, 0.1) is 24.8 Å². The monoisotopic (exact) mass is 488 g/mol. The molecule has 0 bridgehead atoms. The van der Waals surface area contributed by atoms with Crippen molar-refractivity contribution in [2.45, 2.75) is 39.9 Å². The van der Waals surface area contributed by atoms with E-state index in [2.05, 4.69) is 31.2 Å². The van der Waals surface area contributed by atoms with Crippen LogP contribution in [0.3, 0.4) is 0 Å². The molecule has 0 atom stereocenters. The summed E-state index contributed by atoms with van der Waals surface area (Å²) in [5.74, 6) is 2.71. The molecule has 0 unspecified atom stereocenters. The van der Waals surface area contributed by atoms with Crippen LogP contribution < -0.4 is 14.2 Å². The minimum atomic E-state index is -0.221. The Morgan fingerprint density at radius 2 is 1.72 bits per heavy atom. The molecule has 0 saturated carbocycles. The first-order valence-corrected chi connectivity index (χ1v) is 12.1. The minimum absolute atomic E-state index is 0.221. The van der Waals surface area contributed by atoms with Crippen molar-refractivity contribution >= 4 is 17.0 Å². The molecule has 0 radical (unpaired) electrons. The summed E-state index contributed by atoms with van der Waals surface area (Å²) in [7, 11) is 3.61. The van der Waals surface area contributed by atoms with Gasteiger partial charge in [-0.2, -0.15) is 0 Å². The van der Waals surface area contributed by atoms with Gasteiger partial charge in [0, 0.05) is 25.6 Å². The molecular weight excluding hydrogens is 456 g/mol. The second-order valence-electron chi connectivity index (χ2n) is 8.58. The Hall–Kier alpha value is -4.00. The predicted molar refractivity (Wildman–Crippen MR) is 139 cm³/mol. The zero-order chi connectivity index (χ0) is 25.5. The molecule has 7 heteroatoms. The van der Waals surface area contributed by atoms with E-state index in [0.717, 1.165) is 33.7 Å². The third-order valence-corrected chi connectivity index (χ3v) is 6.01. The average Bonchev–Trinajstić information content (AvgIpc) is 3.21. The number of hydrogen-bond acceptors (Lipinski definition) is 6. The second-order valence-corrected chi connectivity index (χ2v) is 8.58. The van der Waals surface area contributed by atoms with Crippen molar-refractivity contribution in [3.63, 3.8) is 0 Å². The third-order valence-electron chi connectivity index (χ3n) is 6.01. The molecule has 0 saturated heterocycles. The Labute approximate surface area is 211 Å². The summed E-state index contributed by atoms with van der Waals surface area (Å²) < 4.78 is 24.7. The van der Waals surface area contributed by atoms with Crippen molar-refractivity contribution < 1.29 is 23.7 Å². The Morgan fingerprint density at radius 3 is 2.47 bits per heavy atom. The summed E-state index contributed by atoms with van der Waals surface area (Å²) in [6.07, 6.45) is 0.813. The molecule has 1 heterocycles.